The van der Waals surface area contributed by atoms with Crippen LogP contribution >= 0.6 is 11.6 Å². The van der Waals surface area contributed by atoms with Crippen LogP contribution in [0.4, 0.5) is 0 Å². The van der Waals surface area contributed by atoms with Crippen LogP contribution in [-0.2, 0) is 16.0 Å². The van der Waals surface area contributed by atoms with Gasteiger partial charge in [0.05, 0.1) is 23.9 Å². The molecule has 0 aliphatic rings. The van der Waals surface area contributed by atoms with Gasteiger partial charge >= 0.3 is 5.97 Å². The average Bonchev–Trinajstić information content (AvgIpc) is 3.15. The predicted molar refractivity (Wildman–Crippen MR) is 110 cm³/mol. The first-order chi connectivity index (χ1) is 14.9. The van der Waals surface area contributed by atoms with Crippen molar-refractivity contribution in [3.8, 4) is 5.75 Å². The quantitative estimate of drug-likeness (QED) is 0.306. The molecule has 2 unspecified atom stereocenters. The van der Waals surface area contributed by atoms with Gasteiger partial charge in [0.15, 0.2) is 17.5 Å². The van der Waals surface area contributed by atoms with E-state index < -0.39 is 24.2 Å². The zero-order chi connectivity index (χ0) is 22.4. The Kier molecular flexibility index (Phi) is 7.39. The van der Waals surface area contributed by atoms with E-state index in [-0.39, 0.29) is 31.1 Å². The molecule has 3 aromatic rings. The molecule has 2 atom stereocenters. The lowest BCUT2D eigenvalue weighted by Gasteiger charge is -2.24. The van der Waals surface area contributed by atoms with E-state index in [4.69, 9.17) is 36.4 Å². The molecule has 0 amide bonds. The highest BCUT2D eigenvalue weighted by Gasteiger charge is 2.37. The molecular formula is C20H23ClN4O6. The second-order valence-corrected chi connectivity index (χ2v) is 7.39. The number of ether oxygens (including phenoxy) is 2. The van der Waals surface area contributed by atoms with Gasteiger partial charge in [0.2, 0.25) is 0 Å². The van der Waals surface area contributed by atoms with Crippen molar-refractivity contribution in [1.29, 1.82) is 0 Å². The van der Waals surface area contributed by atoms with Gasteiger partial charge in [-0.15, -0.1) is 0 Å². The maximum absolute atomic E-state index is 12.3. The first-order valence-corrected chi connectivity index (χ1v) is 9.95. The topological polar surface area (TPSA) is 154 Å². The molecular weight excluding hydrogens is 428 g/mol. The Balaban J connectivity index is 1.80. The highest BCUT2D eigenvalue weighted by atomic mass is 35.5. The van der Waals surface area contributed by atoms with Gasteiger partial charge in [-0.3, -0.25) is 0 Å². The zero-order valence-corrected chi connectivity index (χ0v) is 17.6. The molecule has 11 heteroatoms. The van der Waals surface area contributed by atoms with E-state index in [2.05, 4.69) is 15.1 Å². The number of hydrogen-bond acceptors (Lipinski definition) is 10. The Morgan fingerprint density at radius 1 is 1.32 bits per heavy atom. The highest BCUT2D eigenvalue weighted by Crippen LogP contribution is 2.34. The molecule has 2 aromatic heterocycles. The van der Waals surface area contributed by atoms with Crippen LogP contribution in [-0.4, -0.2) is 56.7 Å². The van der Waals surface area contributed by atoms with E-state index >= 15 is 0 Å². The predicted octanol–water partition coefficient (Wildman–Crippen LogP) is 1.57. The summed E-state index contributed by atoms with van der Waals surface area (Å²) in [6.07, 6.45) is 2.90. The number of nitrogens with two attached hydrogens (primary N) is 1. The monoisotopic (exact) mass is 450 g/mol. The number of fused-ring (bicyclic) bond motifs is 1. The molecule has 3 rings (SSSR count). The molecule has 0 aliphatic carbocycles. The molecule has 2 heterocycles. The van der Waals surface area contributed by atoms with Gasteiger partial charge in [0, 0.05) is 43.3 Å². The highest BCUT2D eigenvalue weighted by molar-refractivity contribution is 6.32. The molecule has 0 spiro atoms. The lowest BCUT2D eigenvalue weighted by molar-refractivity contribution is -0.152. The van der Waals surface area contributed by atoms with Gasteiger partial charge in [0.25, 0.3) is 0 Å². The molecule has 10 nitrogen and oxygen atoms in total. The van der Waals surface area contributed by atoms with E-state index in [0.717, 1.165) is 0 Å². The van der Waals surface area contributed by atoms with Crippen LogP contribution in [0.3, 0.4) is 0 Å². The summed E-state index contributed by atoms with van der Waals surface area (Å²) in [4.78, 5) is 20.6. The molecule has 0 saturated heterocycles. The molecule has 4 N–H and O–H groups in total. The first kappa shape index (κ1) is 22.9. The normalized spacial score (nSPS) is 14.2. The van der Waals surface area contributed by atoms with Gasteiger partial charge < -0.3 is 29.9 Å². The summed E-state index contributed by atoms with van der Waals surface area (Å²) in [6, 6.07) is 4.87. The summed E-state index contributed by atoms with van der Waals surface area (Å²) < 4.78 is 16.2. The maximum Gasteiger partial charge on any atom is 0.328 e. The van der Waals surface area contributed by atoms with Crippen molar-refractivity contribution in [2.24, 2.45) is 5.73 Å². The first-order valence-electron chi connectivity index (χ1n) is 9.57. The molecule has 166 valence electrons. The van der Waals surface area contributed by atoms with Crippen LogP contribution in [0.5, 0.6) is 5.75 Å². The van der Waals surface area contributed by atoms with Crippen LogP contribution in [0.15, 0.2) is 35.1 Å². The SMILES string of the molecule is CC(Oc1cc2onc(CC(N)(CO)C(=O)OCCCO)c2cc1Cl)c1ncccn1. The van der Waals surface area contributed by atoms with Crippen LogP contribution in [0.2, 0.25) is 5.02 Å². The number of esters is 1. The Morgan fingerprint density at radius 3 is 2.74 bits per heavy atom. The summed E-state index contributed by atoms with van der Waals surface area (Å²) in [5, 5.41) is 23.3. The average molecular weight is 451 g/mol. The fourth-order valence-corrected chi connectivity index (χ4v) is 3.04. The Morgan fingerprint density at radius 2 is 2.06 bits per heavy atom. The molecule has 0 radical (unpaired) electrons. The Labute approximate surface area is 182 Å². The van der Waals surface area contributed by atoms with Crippen LogP contribution < -0.4 is 10.5 Å². The minimum Gasteiger partial charge on any atom is -0.481 e. The maximum atomic E-state index is 12.3. The third-order valence-corrected chi connectivity index (χ3v) is 4.85. The van der Waals surface area contributed by atoms with Crippen LogP contribution in [0.25, 0.3) is 11.0 Å². The summed E-state index contributed by atoms with van der Waals surface area (Å²) in [5.41, 5.74) is 5.04. The number of halogens is 1. The van der Waals surface area contributed by atoms with E-state index in [1.54, 1.807) is 37.5 Å². The van der Waals surface area contributed by atoms with Crippen molar-refractivity contribution in [3.05, 3.63) is 47.1 Å². The van der Waals surface area contributed by atoms with Crippen molar-refractivity contribution >= 4 is 28.5 Å². The molecule has 0 saturated carbocycles. The Hall–Kier alpha value is -2.79. The van der Waals surface area contributed by atoms with Gasteiger partial charge in [-0.05, 0) is 19.1 Å². The summed E-state index contributed by atoms with van der Waals surface area (Å²) in [5.74, 6) is 0.0382. The van der Waals surface area contributed by atoms with Gasteiger partial charge in [-0.2, -0.15) is 0 Å². The number of carbonyl (C=O) groups is 1. The number of aliphatic hydroxyl groups excluding tert-OH is 2. The number of nitrogens with zero attached hydrogens (tertiary/aromatic N) is 3. The standard InChI is InChI=1S/C20H23ClN4O6/c1-12(18-23-4-2-5-24-18)30-17-9-16-13(8-14(17)21)15(25-31-16)10-20(22,11-27)19(28)29-7-3-6-26/h2,4-5,8-9,12,26-27H,3,6-7,10-11,22H2,1H3. The number of hydrogen-bond donors (Lipinski definition) is 3. The fraction of sp³-hybridized carbons (Fsp3) is 0.400. The smallest absolute Gasteiger partial charge is 0.328 e. The fourth-order valence-electron chi connectivity index (χ4n) is 2.84. The van der Waals surface area contributed by atoms with Crippen molar-refractivity contribution in [3.63, 3.8) is 0 Å². The number of rotatable bonds is 10. The van der Waals surface area contributed by atoms with Crippen molar-refractivity contribution in [2.45, 2.75) is 31.4 Å². The van der Waals surface area contributed by atoms with Gasteiger partial charge in [-0.1, -0.05) is 16.8 Å². The van der Waals surface area contributed by atoms with Crippen molar-refractivity contribution in [1.82, 2.24) is 15.1 Å². The van der Waals surface area contributed by atoms with Gasteiger partial charge in [-0.25, -0.2) is 14.8 Å². The number of carbonyl (C=O) groups excluding carboxylic acids is 1. The van der Waals surface area contributed by atoms with E-state index in [1.807, 2.05) is 0 Å². The molecule has 31 heavy (non-hydrogen) atoms. The van der Waals surface area contributed by atoms with E-state index in [1.165, 1.54) is 0 Å². The van der Waals surface area contributed by atoms with Gasteiger partial charge in [0.1, 0.15) is 11.3 Å². The number of aliphatic hydroxyl groups is 2. The minimum absolute atomic E-state index is 0.0102. The summed E-state index contributed by atoms with van der Waals surface area (Å²) in [7, 11) is 0. The zero-order valence-electron chi connectivity index (χ0n) is 16.8. The molecule has 0 aliphatic heterocycles. The number of aromatic nitrogens is 3. The second kappa shape index (κ2) is 10.0. The van der Waals surface area contributed by atoms with E-state index in [9.17, 15) is 9.90 Å². The molecule has 1 aromatic carbocycles. The van der Waals surface area contributed by atoms with E-state index in [0.29, 0.717) is 28.2 Å². The van der Waals surface area contributed by atoms with Crippen LogP contribution in [0.1, 0.15) is 31.0 Å². The third-order valence-electron chi connectivity index (χ3n) is 4.56. The molecule has 0 bridgehead atoms. The van der Waals surface area contributed by atoms with Crippen molar-refractivity contribution in [2.75, 3.05) is 19.8 Å². The lowest BCUT2D eigenvalue weighted by atomic mass is 9.94. The second-order valence-electron chi connectivity index (χ2n) is 6.98. The lowest BCUT2D eigenvalue weighted by Crippen LogP contribution is -2.54. The largest absolute Gasteiger partial charge is 0.481 e. The minimum atomic E-state index is -1.72. The summed E-state index contributed by atoms with van der Waals surface area (Å²) in [6.45, 7) is 0.983. The van der Waals surface area contributed by atoms with Crippen LogP contribution in [0, 0.1) is 0 Å². The summed E-state index contributed by atoms with van der Waals surface area (Å²) >= 11 is 6.38. The Bertz CT molecular complexity index is 1030. The number of benzene rings is 1. The molecule has 0 fully saturated rings. The van der Waals surface area contributed by atoms with Crippen molar-refractivity contribution < 1.29 is 29.0 Å². The third kappa shape index (κ3) is 5.28.